The van der Waals surface area contributed by atoms with E-state index < -0.39 is 32.8 Å². The quantitative estimate of drug-likeness (QED) is 0.377. The molecule has 9 heteroatoms. The van der Waals surface area contributed by atoms with Crippen molar-refractivity contribution < 1.29 is 14.7 Å². The van der Waals surface area contributed by atoms with E-state index in [2.05, 4.69) is 0 Å². The predicted molar refractivity (Wildman–Crippen MR) is 52.0 cm³/mol. The molecule has 0 spiro atoms. The van der Waals surface area contributed by atoms with Gasteiger partial charge in [0.25, 0.3) is 0 Å². The molecular formula is C7H10N3O6-. The Bertz CT molecular complexity index is 324. The average molecular weight is 232 g/mol. The molecule has 1 rings (SSSR count). The number of nitro groups is 2. The molecule has 90 valence electrons. The van der Waals surface area contributed by atoms with Gasteiger partial charge in [0, 0.05) is 9.85 Å². The Hall–Kier alpha value is -1.93. The van der Waals surface area contributed by atoms with Crippen LogP contribution in [0.4, 0.5) is 0 Å². The third-order valence-electron chi connectivity index (χ3n) is 2.90. The third-order valence-corrected chi connectivity index (χ3v) is 2.90. The van der Waals surface area contributed by atoms with Crippen LogP contribution in [0, 0.1) is 36.6 Å². The zero-order valence-electron chi connectivity index (χ0n) is 8.44. The summed E-state index contributed by atoms with van der Waals surface area (Å²) in [5, 5.41) is 42.3. The molecule has 0 bridgehead atoms. The molecule has 0 radical (unpaired) electrons. The van der Waals surface area contributed by atoms with E-state index in [4.69, 9.17) is 0 Å². The zero-order valence-corrected chi connectivity index (χ0v) is 8.44. The first-order valence-electron chi connectivity index (χ1n) is 4.60. The van der Waals surface area contributed by atoms with Gasteiger partial charge >= 0.3 is 0 Å². The summed E-state index contributed by atoms with van der Waals surface area (Å²) in [5.41, 5.74) is -0.332. The van der Waals surface area contributed by atoms with Gasteiger partial charge in [-0.3, -0.25) is 20.2 Å². The zero-order chi connectivity index (χ0) is 12.5. The van der Waals surface area contributed by atoms with Gasteiger partial charge in [0.1, 0.15) is 0 Å². The smallest absolute Gasteiger partial charge is 0.231 e. The van der Waals surface area contributed by atoms with E-state index in [1.54, 1.807) is 0 Å². The molecule has 0 aliphatic heterocycles. The van der Waals surface area contributed by atoms with Crippen LogP contribution in [-0.2, 0) is 0 Å². The second kappa shape index (κ2) is 4.29. The third kappa shape index (κ3) is 2.18. The summed E-state index contributed by atoms with van der Waals surface area (Å²) < 4.78 is 0. The molecule has 16 heavy (non-hydrogen) atoms. The highest BCUT2D eigenvalue weighted by atomic mass is 16.8. The molecule has 2 unspecified atom stereocenters. The lowest BCUT2D eigenvalue weighted by Crippen LogP contribution is -2.47. The lowest BCUT2D eigenvalue weighted by atomic mass is 9.81. The average Bonchev–Trinajstić information content (AvgIpc) is 2.16. The van der Waals surface area contributed by atoms with Gasteiger partial charge in [0.15, 0.2) is 5.71 Å². The molecule has 2 atom stereocenters. The van der Waals surface area contributed by atoms with Crippen LogP contribution in [0.3, 0.4) is 0 Å². The van der Waals surface area contributed by atoms with Crippen LogP contribution in [-0.4, -0.2) is 32.5 Å². The van der Waals surface area contributed by atoms with Crippen LogP contribution in [0.15, 0.2) is 0 Å². The summed E-state index contributed by atoms with van der Waals surface area (Å²) in [4.78, 5) is 19.2. The standard InChI is InChI=1S/C7H10N3O6/c1-4-6(9(13)14)2-5(8(11)12)3-7(4)10(15)16/h4,6-7H,2-3H2,1H3/q-1. The van der Waals surface area contributed by atoms with Crippen molar-refractivity contribution in [3.8, 4) is 0 Å². The van der Waals surface area contributed by atoms with Crippen LogP contribution in [0.5, 0.6) is 0 Å². The summed E-state index contributed by atoms with van der Waals surface area (Å²) in [6.45, 7) is 1.39. The van der Waals surface area contributed by atoms with E-state index in [-0.39, 0.29) is 18.6 Å². The highest BCUT2D eigenvalue weighted by Gasteiger charge is 2.48. The molecule has 1 aliphatic rings. The Morgan fingerprint density at radius 2 is 1.38 bits per heavy atom. The normalized spacial score (nSPS) is 29.8. The lowest BCUT2D eigenvalue weighted by Gasteiger charge is -2.26. The molecule has 0 saturated heterocycles. The van der Waals surface area contributed by atoms with Crippen LogP contribution < -0.4 is 0 Å². The molecule has 1 saturated carbocycles. The van der Waals surface area contributed by atoms with Crippen LogP contribution >= 0.6 is 0 Å². The van der Waals surface area contributed by atoms with E-state index in [0.717, 1.165) is 0 Å². The molecule has 0 N–H and O–H groups in total. The van der Waals surface area contributed by atoms with Crippen molar-refractivity contribution in [2.45, 2.75) is 31.8 Å². The van der Waals surface area contributed by atoms with Crippen molar-refractivity contribution in [2.24, 2.45) is 5.92 Å². The van der Waals surface area contributed by atoms with E-state index in [0.29, 0.717) is 0 Å². The maximum Gasteiger partial charge on any atom is 0.231 e. The van der Waals surface area contributed by atoms with Crippen molar-refractivity contribution in [3.05, 3.63) is 30.6 Å². The Balaban J connectivity index is 3.02. The topological polar surface area (TPSA) is 135 Å². The second-order valence-electron chi connectivity index (χ2n) is 3.80. The summed E-state index contributed by atoms with van der Waals surface area (Å²) in [7, 11) is 0. The molecular weight excluding hydrogens is 222 g/mol. The van der Waals surface area contributed by atoms with Gasteiger partial charge < -0.3 is 10.4 Å². The van der Waals surface area contributed by atoms with Gasteiger partial charge in [-0.25, -0.2) is 0 Å². The minimum atomic E-state index is -1.25. The first-order chi connectivity index (χ1) is 7.34. The van der Waals surface area contributed by atoms with Gasteiger partial charge in [-0.05, 0) is 6.92 Å². The minimum absolute atomic E-state index is 0.314. The largest absolute Gasteiger partial charge is 0.612 e. The lowest BCUT2D eigenvalue weighted by molar-refractivity contribution is -0.578. The molecule has 1 fully saturated rings. The SMILES string of the molecule is CC1C([N+](=O)[O-])CC(=[N+]([O-])[O-])CC1[N+](=O)[O-]. The van der Waals surface area contributed by atoms with Crippen molar-refractivity contribution in [1.82, 2.24) is 0 Å². The fourth-order valence-corrected chi connectivity index (χ4v) is 1.88. The highest BCUT2D eigenvalue weighted by Crippen LogP contribution is 2.26. The van der Waals surface area contributed by atoms with E-state index in [1.165, 1.54) is 6.92 Å². The summed E-state index contributed by atoms with van der Waals surface area (Å²) >= 11 is 0. The van der Waals surface area contributed by atoms with Crippen molar-refractivity contribution in [3.63, 3.8) is 0 Å². The molecule has 0 aromatic heterocycles. The van der Waals surface area contributed by atoms with E-state index in [1.807, 2.05) is 0 Å². The number of hydrogen-bond acceptors (Lipinski definition) is 6. The first-order valence-corrected chi connectivity index (χ1v) is 4.60. The summed E-state index contributed by atoms with van der Waals surface area (Å²) in [6.07, 6.45) is -0.628. The number of nitrogens with zero attached hydrogens (tertiary/aromatic N) is 3. The monoisotopic (exact) mass is 232 g/mol. The Labute approximate surface area is 89.8 Å². The van der Waals surface area contributed by atoms with Crippen molar-refractivity contribution >= 4 is 5.71 Å². The number of rotatable bonds is 2. The highest BCUT2D eigenvalue weighted by molar-refractivity contribution is 5.81. The fraction of sp³-hybridized carbons (Fsp3) is 0.857. The van der Waals surface area contributed by atoms with Crippen molar-refractivity contribution in [1.29, 1.82) is 0 Å². The Morgan fingerprint density at radius 3 is 1.62 bits per heavy atom. The summed E-state index contributed by atoms with van der Waals surface area (Å²) in [6, 6.07) is -2.49. The Morgan fingerprint density at radius 1 is 1.00 bits per heavy atom. The first kappa shape index (κ1) is 12.1. The van der Waals surface area contributed by atoms with Crippen molar-refractivity contribution in [2.75, 3.05) is 0 Å². The van der Waals surface area contributed by atoms with Crippen LogP contribution in [0.25, 0.3) is 0 Å². The fourth-order valence-electron chi connectivity index (χ4n) is 1.88. The van der Waals surface area contributed by atoms with E-state index in [9.17, 15) is 30.6 Å². The molecule has 0 aromatic rings. The molecule has 1 aliphatic carbocycles. The maximum absolute atomic E-state index is 10.6. The molecule has 0 heterocycles. The van der Waals surface area contributed by atoms with E-state index >= 15 is 0 Å². The van der Waals surface area contributed by atoms with Gasteiger partial charge in [-0.1, -0.05) is 0 Å². The molecule has 0 amide bonds. The van der Waals surface area contributed by atoms with Gasteiger partial charge in [-0.2, -0.15) is 4.90 Å². The van der Waals surface area contributed by atoms with Crippen LogP contribution in [0.1, 0.15) is 19.8 Å². The minimum Gasteiger partial charge on any atom is -0.612 e. The van der Waals surface area contributed by atoms with Gasteiger partial charge in [0.2, 0.25) is 12.1 Å². The number of hydrogen-bond donors (Lipinski definition) is 0. The molecule has 0 aromatic carbocycles. The summed E-state index contributed by atoms with van der Waals surface area (Å²) in [5.74, 6) is -0.798. The van der Waals surface area contributed by atoms with Gasteiger partial charge in [-0.15, -0.1) is 0 Å². The molecule has 9 nitrogen and oxygen atoms in total. The predicted octanol–water partition coefficient (Wildman–Crippen LogP) is 0.156. The maximum atomic E-state index is 10.6. The van der Waals surface area contributed by atoms with Gasteiger partial charge in [0.05, 0.1) is 18.8 Å². The Kier molecular flexibility index (Phi) is 3.25. The second-order valence-corrected chi connectivity index (χ2v) is 3.80. The van der Waals surface area contributed by atoms with Crippen LogP contribution in [0.2, 0.25) is 0 Å².